The fourth-order valence-corrected chi connectivity index (χ4v) is 5.75. The zero-order chi connectivity index (χ0) is 23.3. The highest BCUT2D eigenvalue weighted by Gasteiger charge is 2.33. The van der Waals surface area contributed by atoms with Gasteiger partial charge in [0.1, 0.15) is 23.9 Å². The lowest BCUT2D eigenvalue weighted by Gasteiger charge is -2.27. The summed E-state index contributed by atoms with van der Waals surface area (Å²) in [6, 6.07) is 9.83. The van der Waals surface area contributed by atoms with E-state index in [0.717, 1.165) is 35.5 Å². The molecule has 2 unspecified atom stereocenters. The van der Waals surface area contributed by atoms with E-state index in [1.165, 1.54) is 23.9 Å². The quantitative estimate of drug-likeness (QED) is 0.404. The standard InChI is InChI=1S/C23H28FNO5S2/c1-3-4-5-15-12-25(17-8-6-16(24)7-9-17)18-10-21(31-2)20(11-22(18)32(29)14-15)30-13-19(26)23(27)28/h6-11,15,19,26H,3-5,12-14H2,1-2H3,(H,27,28)/t15?,19-,32?/m0/s1. The first kappa shape index (κ1) is 24.7. The van der Waals surface area contributed by atoms with Crippen molar-refractivity contribution in [2.45, 2.75) is 42.1 Å². The lowest BCUT2D eigenvalue weighted by molar-refractivity contribution is -0.148. The van der Waals surface area contributed by atoms with Gasteiger partial charge >= 0.3 is 5.97 Å². The maximum atomic E-state index is 13.6. The van der Waals surface area contributed by atoms with Gasteiger partial charge in [-0.05, 0) is 54.2 Å². The lowest BCUT2D eigenvalue weighted by Crippen LogP contribution is -2.27. The summed E-state index contributed by atoms with van der Waals surface area (Å²) in [5.74, 6) is -0.601. The van der Waals surface area contributed by atoms with E-state index in [9.17, 15) is 18.8 Å². The van der Waals surface area contributed by atoms with Crippen LogP contribution in [0.1, 0.15) is 26.2 Å². The molecule has 0 spiro atoms. The third-order valence-electron chi connectivity index (χ3n) is 5.40. The number of hydrogen-bond acceptors (Lipinski definition) is 6. The highest BCUT2D eigenvalue weighted by atomic mass is 32.2. The molecule has 0 saturated heterocycles. The number of thioether (sulfide) groups is 1. The number of aliphatic hydroxyl groups is 1. The second kappa shape index (κ2) is 11.3. The molecule has 0 radical (unpaired) electrons. The number of nitrogens with zero attached hydrogens (tertiary/aromatic N) is 1. The number of hydrogen-bond donors (Lipinski definition) is 2. The summed E-state index contributed by atoms with van der Waals surface area (Å²) in [5, 5.41) is 18.5. The molecule has 0 aromatic heterocycles. The molecule has 6 nitrogen and oxygen atoms in total. The van der Waals surface area contributed by atoms with Gasteiger partial charge in [-0.15, -0.1) is 11.8 Å². The molecule has 2 N–H and O–H groups in total. The first-order chi connectivity index (χ1) is 15.3. The van der Waals surface area contributed by atoms with E-state index in [0.29, 0.717) is 22.9 Å². The van der Waals surface area contributed by atoms with E-state index < -0.39 is 29.9 Å². The van der Waals surface area contributed by atoms with Gasteiger partial charge in [-0.25, -0.2) is 9.18 Å². The maximum absolute atomic E-state index is 13.6. The van der Waals surface area contributed by atoms with Crippen LogP contribution in [0, 0.1) is 11.7 Å². The molecule has 3 atom stereocenters. The number of rotatable bonds is 9. The summed E-state index contributed by atoms with van der Waals surface area (Å²) in [6.07, 6.45) is 3.24. The first-order valence-electron chi connectivity index (χ1n) is 10.5. The van der Waals surface area contributed by atoms with Crippen LogP contribution in [0.3, 0.4) is 0 Å². The number of aliphatic carboxylic acids is 1. The average Bonchev–Trinajstić information content (AvgIpc) is 2.91. The molecule has 1 aliphatic rings. The number of ether oxygens (including phenoxy) is 1. The number of aliphatic hydroxyl groups excluding tert-OH is 1. The Morgan fingerprint density at radius 3 is 2.72 bits per heavy atom. The fourth-order valence-electron chi connectivity index (χ4n) is 3.68. The highest BCUT2D eigenvalue weighted by molar-refractivity contribution is 7.98. The second-order valence-corrected chi connectivity index (χ2v) is 10.1. The predicted octanol–water partition coefficient (Wildman–Crippen LogP) is 4.44. The van der Waals surface area contributed by atoms with Crippen LogP contribution in [0.4, 0.5) is 15.8 Å². The molecule has 1 aliphatic heterocycles. The van der Waals surface area contributed by atoms with E-state index in [-0.39, 0.29) is 11.7 Å². The van der Waals surface area contributed by atoms with E-state index >= 15 is 0 Å². The molecule has 2 aromatic carbocycles. The zero-order valence-electron chi connectivity index (χ0n) is 18.1. The maximum Gasteiger partial charge on any atom is 0.336 e. The molecule has 2 aromatic rings. The number of halogens is 1. The zero-order valence-corrected chi connectivity index (χ0v) is 19.8. The van der Waals surface area contributed by atoms with Crippen molar-refractivity contribution >= 4 is 40.3 Å². The van der Waals surface area contributed by atoms with Gasteiger partial charge in [0.2, 0.25) is 0 Å². The molecular formula is C23H28FNO5S2. The second-order valence-electron chi connectivity index (χ2n) is 7.74. The van der Waals surface area contributed by atoms with Crippen LogP contribution < -0.4 is 9.64 Å². The summed E-state index contributed by atoms with van der Waals surface area (Å²) in [5.41, 5.74) is 1.58. The van der Waals surface area contributed by atoms with Crippen molar-refractivity contribution in [2.24, 2.45) is 5.92 Å². The van der Waals surface area contributed by atoms with E-state index in [4.69, 9.17) is 9.84 Å². The van der Waals surface area contributed by atoms with Gasteiger partial charge in [-0.3, -0.25) is 0 Å². The van der Waals surface area contributed by atoms with Gasteiger partial charge in [-0.2, -0.15) is 0 Å². The van der Waals surface area contributed by atoms with E-state index in [1.807, 2.05) is 12.3 Å². The van der Waals surface area contributed by atoms with Crippen molar-refractivity contribution in [3.8, 4) is 5.75 Å². The summed E-state index contributed by atoms with van der Waals surface area (Å²) in [6.45, 7) is 2.38. The van der Waals surface area contributed by atoms with Gasteiger partial charge in [0.05, 0.1) is 10.6 Å². The van der Waals surface area contributed by atoms with Crippen LogP contribution in [0.15, 0.2) is 46.2 Å². The van der Waals surface area contributed by atoms with Crippen LogP contribution in [0.5, 0.6) is 5.75 Å². The van der Waals surface area contributed by atoms with Crippen molar-refractivity contribution in [3.63, 3.8) is 0 Å². The molecule has 1 heterocycles. The molecule has 0 aliphatic carbocycles. The van der Waals surface area contributed by atoms with Gasteiger partial charge in [0.25, 0.3) is 0 Å². The van der Waals surface area contributed by atoms with Crippen LogP contribution >= 0.6 is 11.8 Å². The van der Waals surface area contributed by atoms with Gasteiger partial charge in [0, 0.05) is 24.2 Å². The molecule has 3 rings (SSSR count). The molecule has 32 heavy (non-hydrogen) atoms. The van der Waals surface area contributed by atoms with Gasteiger partial charge in [-0.1, -0.05) is 19.8 Å². The summed E-state index contributed by atoms with van der Waals surface area (Å²) in [7, 11) is 0. The summed E-state index contributed by atoms with van der Waals surface area (Å²) < 4.78 is 32.5. The SMILES string of the molecule is CCCCC1CN(c2ccc(F)cc2)c2cc(SC)c(OC[C@H](O)C(=O)O)cc2[S+]([O-])C1. The topological polar surface area (TPSA) is 93.1 Å². The van der Waals surface area contributed by atoms with Crippen molar-refractivity contribution < 1.29 is 28.7 Å². The number of carbonyl (C=O) groups is 1. The Bertz CT molecular complexity index is 927. The van der Waals surface area contributed by atoms with Crippen molar-refractivity contribution in [2.75, 3.05) is 30.1 Å². The first-order valence-corrected chi connectivity index (χ1v) is 13.1. The number of carboxylic acids is 1. The normalized spacial score (nSPS) is 19.2. The Morgan fingerprint density at radius 1 is 1.38 bits per heavy atom. The summed E-state index contributed by atoms with van der Waals surface area (Å²) in [4.78, 5) is 14.3. The monoisotopic (exact) mass is 481 g/mol. The third-order valence-corrected chi connectivity index (χ3v) is 7.75. The Hall–Kier alpha value is -1.94. The van der Waals surface area contributed by atoms with Crippen LogP contribution in [-0.4, -0.2) is 52.0 Å². The van der Waals surface area contributed by atoms with Crippen molar-refractivity contribution in [1.29, 1.82) is 0 Å². The molecule has 0 bridgehead atoms. The molecule has 0 saturated carbocycles. The number of benzene rings is 2. The Morgan fingerprint density at radius 2 is 2.09 bits per heavy atom. The minimum Gasteiger partial charge on any atom is -0.611 e. The molecule has 9 heteroatoms. The minimum atomic E-state index is -1.65. The van der Waals surface area contributed by atoms with E-state index in [2.05, 4.69) is 11.8 Å². The number of anilines is 2. The number of carboxylic acid groups (broad SMARTS) is 1. The van der Waals surface area contributed by atoms with Crippen molar-refractivity contribution in [3.05, 3.63) is 42.2 Å². The molecular weight excluding hydrogens is 453 g/mol. The lowest BCUT2D eigenvalue weighted by atomic mass is 10.0. The average molecular weight is 482 g/mol. The molecule has 0 fully saturated rings. The highest BCUT2D eigenvalue weighted by Crippen LogP contribution is 2.43. The molecule has 0 amide bonds. The number of fused-ring (bicyclic) bond motifs is 1. The predicted molar refractivity (Wildman–Crippen MR) is 125 cm³/mol. The van der Waals surface area contributed by atoms with Crippen molar-refractivity contribution in [1.82, 2.24) is 0 Å². The van der Waals surface area contributed by atoms with Crippen LogP contribution in [0.2, 0.25) is 0 Å². The minimum absolute atomic E-state index is 0.198. The Kier molecular flexibility index (Phi) is 8.70. The van der Waals surface area contributed by atoms with Crippen LogP contribution in [-0.2, 0) is 16.0 Å². The van der Waals surface area contributed by atoms with Crippen LogP contribution in [0.25, 0.3) is 0 Å². The summed E-state index contributed by atoms with van der Waals surface area (Å²) >= 11 is 0.119. The molecule has 174 valence electrons. The fraction of sp³-hybridized carbons (Fsp3) is 0.435. The third kappa shape index (κ3) is 5.89. The largest absolute Gasteiger partial charge is 0.611 e. The Labute approximate surface area is 195 Å². The van der Waals surface area contributed by atoms with E-state index in [1.54, 1.807) is 18.2 Å². The Balaban J connectivity index is 2.03. The van der Waals surface area contributed by atoms with Gasteiger partial charge < -0.3 is 24.4 Å². The van der Waals surface area contributed by atoms with Gasteiger partial charge in [0.15, 0.2) is 11.0 Å². The smallest absolute Gasteiger partial charge is 0.336 e. The number of unbranched alkanes of at least 4 members (excludes halogenated alkanes) is 1.